The van der Waals surface area contributed by atoms with Gasteiger partial charge in [-0.1, -0.05) is 38.1 Å². The number of nitrogens with zero attached hydrogens (tertiary/aromatic N) is 2. The highest BCUT2D eigenvalue weighted by Gasteiger charge is 2.36. The van der Waals surface area contributed by atoms with E-state index < -0.39 is 5.60 Å². The molecule has 0 amide bonds. The van der Waals surface area contributed by atoms with Crippen LogP contribution in [0.4, 0.5) is 0 Å². The van der Waals surface area contributed by atoms with Gasteiger partial charge in [0.25, 0.3) is 0 Å². The summed E-state index contributed by atoms with van der Waals surface area (Å²) in [6.07, 6.45) is 5.03. The maximum Gasteiger partial charge on any atom is 0.133 e. The van der Waals surface area contributed by atoms with Crippen molar-refractivity contribution in [1.29, 1.82) is 0 Å². The lowest BCUT2D eigenvalue weighted by molar-refractivity contribution is 0.0280. The van der Waals surface area contributed by atoms with Crippen molar-refractivity contribution in [1.82, 2.24) is 15.0 Å². The standard InChI is InChI=1S/C18H19N3O/c1-13(2)18(22,17-11-19-12-21-17)15-7-5-6-14(10-15)16-8-3-4-9-20-16/h3-13,22H,1-2H3,(H,19,21). The molecule has 0 radical (unpaired) electrons. The number of aromatic amines is 1. The molecule has 1 unspecified atom stereocenters. The molecule has 0 saturated carbocycles. The molecule has 112 valence electrons. The largest absolute Gasteiger partial charge is 0.379 e. The van der Waals surface area contributed by atoms with Crippen LogP contribution in [0.25, 0.3) is 11.3 Å². The molecule has 0 fully saturated rings. The Kier molecular flexibility index (Phi) is 3.77. The molecular formula is C18H19N3O. The molecule has 0 saturated heterocycles. The smallest absolute Gasteiger partial charge is 0.133 e. The van der Waals surface area contributed by atoms with Gasteiger partial charge in [0.15, 0.2) is 0 Å². The van der Waals surface area contributed by atoms with E-state index in [4.69, 9.17) is 0 Å². The first-order valence-corrected chi connectivity index (χ1v) is 7.35. The molecule has 0 aliphatic rings. The van der Waals surface area contributed by atoms with Gasteiger partial charge in [0.1, 0.15) is 5.60 Å². The number of imidazole rings is 1. The Bertz CT molecular complexity index is 738. The number of rotatable bonds is 4. The van der Waals surface area contributed by atoms with E-state index in [1.54, 1.807) is 18.7 Å². The van der Waals surface area contributed by atoms with E-state index in [0.29, 0.717) is 5.69 Å². The molecule has 2 heterocycles. The second-order valence-corrected chi connectivity index (χ2v) is 5.68. The number of H-pyrrole nitrogens is 1. The van der Waals surface area contributed by atoms with Gasteiger partial charge in [0, 0.05) is 11.8 Å². The third kappa shape index (κ3) is 2.42. The molecule has 4 nitrogen and oxygen atoms in total. The van der Waals surface area contributed by atoms with Crippen molar-refractivity contribution in [2.45, 2.75) is 19.4 Å². The second-order valence-electron chi connectivity index (χ2n) is 5.68. The highest BCUT2D eigenvalue weighted by atomic mass is 16.3. The fourth-order valence-electron chi connectivity index (χ4n) is 2.71. The number of pyridine rings is 1. The van der Waals surface area contributed by atoms with Crippen molar-refractivity contribution < 1.29 is 5.11 Å². The average Bonchev–Trinajstić information content (AvgIpc) is 3.10. The van der Waals surface area contributed by atoms with E-state index in [0.717, 1.165) is 16.8 Å². The third-order valence-electron chi connectivity index (χ3n) is 4.01. The first-order valence-electron chi connectivity index (χ1n) is 7.35. The molecule has 3 rings (SSSR count). The summed E-state index contributed by atoms with van der Waals surface area (Å²) in [5.41, 5.74) is 2.29. The SMILES string of the molecule is CC(C)C(O)(c1cccc(-c2ccccn2)c1)c1cnc[nH]1. The quantitative estimate of drug-likeness (QED) is 0.775. The van der Waals surface area contributed by atoms with Crippen molar-refractivity contribution in [2.75, 3.05) is 0 Å². The van der Waals surface area contributed by atoms with Crippen LogP contribution in [-0.4, -0.2) is 20.1 Å². The van der Waals surface area contributed by atoms with Gasteiger partial charge in [0.2, 0.25) is 0 Å². The lowest BCUT2D eigenvalue weighted by atomic mass is 9.80. The minimum atomic E-state index is -1.11. The van der Waals surface area contributed by atoms with Gasteiger partial charge in [0.05, 0.1) is 23.9 Å². The van der Waals surface area contributed by atoms with Gasteiger partial charge in [-0.05, 0) is 29.7 Å². The monoisotopic (exact) mass is 293 g/mol. The van der Waals surface area contributed by atoms with Gasteiger partial charge in [-0.25, -0.2) is 4.98 Å². The van der Waals surface area contributed by atoms with Gasteiger partial charge >= 0.3 is 0 Å². The molecule has 2 N–H and O–H groups in total. The predicted octanol–water partition coefficient (Wildman–Crippen LogP) is 3.36. The van der Waals surface area contributed by atoms with Crippen molar-refractivity contribution in [2.24, 2.45) is 5.92 Å². The Morgan fingerprint density at radius 2 is 2.00 bits per heavy atom. The zero-order chi connectivity index (χ0) is 15.6. The van der Waals surface area contributed by atoms with Gasteiger partial charge in [-0.3, -0.25) is 4.98 Å². The summed E-state index contributed by atoms with van der Waals surface area (Å²) in [6, 6.07) is 13.7. The summed E-state index contributed by atoms with van der Waals surface area (Å²) < 4.78 is 0. The predicted molar refractivity (Wildman–Crippen MR) is 86.1 cm³/mol. The Labute approximate surface area is 129 Å². The van der Waals surface area contributed by atoms with Crippen molar-refractivity contribution in [3.05, 3.63) is 72.4 Å². The van der Waals surface area contributed by atoms with E-state index in [-0.39, 0.29) is 5.92 Å². The first-order chi connectivity index (χ1) is 10.6. The summed E-state index contributed by atoms with van der Waals surface area (Å²) in [6.45, 7) is 3.99. The second kappa shape index (κ2) is 5.73. The Hall–Kier alpha value is -2.46. The molecular weight excluding hydrogens is 274 g/mol. The lowest BCUT2D eigenvalue weighted by Crippen LogP contribution is -2.33. The van der Waals surface area contributed by atoms with Crippen molar-refractivity contribution >= 4 is 0 Å². The van der Waals surface area contributed by atoms with Crippen LogP contribution in [0.5, 0.6) is 0 Å². The molecule has 0 aliphatic heterocycles. The fourth-order valence-corrected chi connectivity index (χ4v) is 2.71. The number of benzene rings is 1. The number of hydrogen-bond donors (Lipinski definition) is 2. The van der Waals surface area contributed by atoms with E-state index in [1.807, 2.05) is 56.3 Å². The minimum Gasteiger partial charge on any atom is -0.379 e. The van der Waals surface area contributed by atoms with Gasteiger partial charge in [-0.15, -0.1) is 0 Å². The molecule has 1 aromatic carbocycles. The lowest BCUT2D eigenvalue weighted by Gasteiger charge is -2.32. The van der Waals surface area contributed by atoms with Gasteiger partial charge in [-0.2, -0.15) is 0 Å². The molecule has 3 aromatic rings. The Morgan fingerprint density at radius 3 is 2.64 bits per heavy atom. The van der Waals surface area contributed by atoms with Crippen LogP contribution >= 0.6 is 0 Å². The molecule has 0 spiro atoms. The molecule has 2 aromatic heterocycles. The van der Waals surface area contributed by atoms with Crippen LogP contribution in [0.1, 0.15) is 25.1 Å². The van der Waals surface area contributed by atoms with E-state index in [9.17, 15) is 5.11 Å². The number of aromatic nitrogens is 3. The third-order valence-corrected chi connectivity index (χ3v) is 4.01. The molecule has 0 aliphatic carbocycles. The van der Waals surface area contributed by atoms with E-state index in [2.05, 4.69) is 15.0 Å². The first kappa shape index (κ1) is 14.5. The highest BCUT2D eigenvalue weighted by Crippen LogP contribution is 2.36. The van der Waals surface area contributed by atoms with E-state index >= 15 is 0 Å². The maximum atomic E-state index is 11.3. The summed E-state index contributed by atoms with van der Waals surface area (Å²) in [7, 11) is 0. The summed E-state index contributed by atoms with van der Waals surface area (Å²) >= 11 is 0. The van der Waals surface area contributed by atoms with Crippen LogP contribution in [0, 0.1) is 5.92 Å². The summed E-state index contributed by atoms with van der Waals surface area (Å²) in [4.78, 5) is 11.5. The normalized spacial score (nSPS) is 14.0. The molecule has 22 heavy (non-hydrogen) atoms. The van der Waals surface area contributed by atoms with Crippen molar-refractivity contribution in [3.8, 4) is 11.3 Å². The van der Waals surface area contributed by atoms with Crippen LogP contribution in [0.15, 0.2) is 61.2 Å². The Balaban J connectivity index is 2.11. The van der Waals surface area contributed by atoms with Crippen molar-refractivity contribution in [3.63, 3.8) is 0 Å². The minimum absolute atomic E-state index is 0.00747. The zero-order valence-electron chi connectivity index (χ0n) is 12.7. The Morgan fingerprint density at radius 1 is 1.14 bits per heavy atom. The number of nitrogens with one attached hydrogen (secondary N) is 1. The van der Waals surface area contributed by atoms with Crippen LogP contribution < -0.4 is 0 Å². The van der Waals surface area contributed by atoms with Gasteiger partial charge < -0.3 is 10.1 Å². The van der Waals surface area contributed by atoms with Crippen LogP contribution in [0.3, 0.4) is 0 Å². The summed E-state index contributed by atoms with van der Waals surface area (Å²) in [5.74, 6) is -0.00747. The summed E-state index contributed by atoms with van der Waals surface area (Å²) in [5, 5.41) is 11.3. The average molecular weight is 293 g/mol. The highest BCUT2D eigenvalue weighted by molar-refractivity contribution is 5.60. The van der Waals surface area contributed by atoms with Crippen LogP contribution in [-0.2, 0) is 5.60 Å². The zero-order valence-corrected chi connectivity index (χ0v) is 12.7. The maximum absolute atomic E-state index is 11.3. The molecule has 1 atom stereocenters. The molecule has 0 bridgehead atoms. The topological polar surface area (TPSA) is 61.8 Å². The van der Waals surface area contributed by atoms with Crippen LogP contribution in [0.2, 0.25) is 0 Å². The molecule has 4 heteroatoms. The number of aliphatic hydroxyl groups is 1. The van der Waals surface area contributed by atoms with E-state index in [1.165, 1.54) is 0 Å². The number of hydrogen-bond acceptors (Lipinski definition) is 3. The fraction of sp³-hybridized carbons (Fsp3) is 0.222.